The molecule has 0 aliphatic heterocycles. The summed E-state index contributed by atoms with van der Waals surface area (Å²) in [6, 6.07) is 8.46. The van der Waals surface area contributed by atoms with E-state index in [1.807, 2.05) is 0 Å². The minimum absolute atomic E-state index is 0.179. The highest BCUT2D eigenvalue weighted by atomic mass is 16.4. The summed E-state index contributed by atoms with van der Waals surface area (Å²) in [4.78, 5) is 10.7. The number of aryl methyl sites for hydroxylation is 1. The number of carbonyl (C=O) groups is 1. The van der Waals surface area contributed by atoms with Crippen LogP contribution in [0.15, 0.2) is 24.3 Å². The molecule has 1 saturated carbocycles. The molecule has 1 fully saturated rings. The van der Waals surface area contributed by atoms with Crippen LogP contribution in [0.4, 0.5) is 4.79 Å². The van der Waals surface area contributed by atoms with Gasteiger partial charge in [0.15, 0.2) is 0 Å². The first kappa shape index (κ1) is 14.4. The zero-order chi connectivity index (χ0) is 14.9. The van der Waals surface area contributed by atoms with Crippen molar-refractivity contribution in [2.24, 2.45) is 0 Å². The molecular weight excluding hydrogens is 266 g/mol. The Morgan fingerprint density at radius 1 is 1.19 bits per heavy atom. The van der Waals surface area contributed by atoms with E-state index in [9.17, 15) is 9.90 Å². The number of aliphatic hydroxyl groups is 1. The Bertz CT molecular complexity index is 537. The second-order valence-corrected chi connectivity index (χ2v) is 6.46. The lowest BCUT2D eigenvalue weighted by atomic mass is 9.58. The molecule has 3 rings (SSSR count). The van der Waals surface area contributed by atoms with Gasteiger partial charge in [0.05, 0.1) is 5.60 Å². The lowest BCUT2D eigenvalue weighted by Crippen LogP contribution is -2.54. The molecule has 3 N–H and O–H groups in total. The third kappa shape index (κ3) is 2.31. The van der Waals surface area contributed by atoms with E-state index in [4.69, 9.17) is 5.11 Å². The lowest BCUT2D eigenvalue weighted by Gasteiger charge is -2.50. The van der Waals surface area contributed by atoms with Gasteiger partial charge in [0.25, 0.3) is 0 Å². The summed E-state index contributed by atoms with van der Waals surface area (Å²) < 4.78 is 0. The van der Waals surface area contributed by atoms with E-state index in [0.29, 0.717) is 13.0 Å². The van der Waals surface area contributed by atoms with Gasteiger partial charge in [0.1, 0.15) is 0 Å². The molecule has 4 heteroatoms. The summed E-state index contributed by atoms with van der Waals surface area (Å²) in [5.74, 6) is 0. The molecule has 1 atom stereocenters. The fourth-order valence-corrected chi connectivity index (χ4v) is 4.49. The van der Waals surface area contributed by atoms with Gasteiger partial charge in [-0.1, -0.05) is 37.1 Å². The fourth-order valence-electron chi connectivity index (χ4n) is 4.49. The summed E-state index contributed by atoms with van der Waals surface area (Å²) in [5.41, 5.74) is 1.68. The van der Waals surface area contributed by atoms with Gasteiger partial charge in [-0.3, -0.25) is 0 Å². The molecule has 0 bridgehead atoms. The van der Waals surface area contributed by atoms with Crippen molar-refractivity contribution >= 4 is 6.09 Å². The zero-order valence-corrected chi connectivity index (χ0v) is 12.3. The average molecular weight is 289 g/mol. The predicted octanol–water partition coefficient (Wildman–Crippen LogP) is 2.83. The van der Waals surface area contributed by atoms with Crippen LogP contribution in [0.25, 0.3) is 0 Å². The SMILES string of the molecule is O=C(O)NCCC1(O)CCc2ccccc2C12CCCC2. The second-order valence-electron chi connectivity index (χ2n) is 6.46. The van der Waals surface area contributed by atoms with Crippen LogP contribution < -0.4 is 5.32 Å². The highest BCUT2D eigenvalue weighted by molar-refractivity contribution is 5.64. The summed E-state index contributed by atoms with van der Waals surface area (Å²) in [7, 11) is 0. The molecular formula is C17H23NO3. The molecule has 0 aromatic heterocycles. The minimum atomic E-state index is -1.02. The van der Waals surface area contributed by atoms with Gasteiger partial charge in [-0.15, -0.1) is 0 Å². The second kappa shape index (κ2) is 5.34. The number of nitrogens with one attached hydrogen (secondary N) is 1. The molecule has 0 saturated heterocycles. The van der Waals surface area contributed by atoms with Crippen LogP contribution in [0, 0.1) is 0 Å². The van der Waals surface area contributed by atoms with E-state index in [2.05, 4.69) is 29.6 Å². The molecule has 2 aliphatic rings. The van der Waals surface area contributed by atoms with Gasteiger partial charge in [-0.25, -0.2) is 4.79 Å². The molecule has 1 unspecified atom stereocenters. The van der Waals surface area contributed by atoms with E-state index in [0.717, 1.165) is 38.5 Å². The standard InChI is InChI=1S/C17H23NO3/c19-15(20)18-12-11-17(21)10-7-13-5-1-2-6-14(13)16(17)8-3-4-9-16/h1-2,5-6,18,21H,3-4,7-12H2,(H,19,20). The van der Waals surface area contributed by atoms with Gasteiger partial charge >= 0.3 is 6.09 Å². The van der Waals surface area contributed by atoms with Crippen LogP contribution in [0.2, 0.25) is 0 Å². The molecule has 1 aromatic carbocycles. The highest BCUT2D eigenvalue weighted by Crippen LogP contribution is 2.55. The molecule has 1 spiro atoms. The quantitative estimate of drug-likeness (QED) is 0.801. The Labute approximate surface area is 125 Å². The number of hydrogen-bond acceptors (Lipinski definition) is 2. The van der Waals surface area contributed by atoms with Gasteiger partial charge < -0.3 is 15.5 Å². The number of carboxylic acid groups (broad SMARTS) is 1. The number of rotatable bonds is 3. The van der Waals surface area contributed by atoms with Gasteiger partial charge in [0, 0.05) is 12.0 Å². The van der Waals surface area contributed by atoms with Crippen molar-refractivity contribution < 1.29 is 15.0 Å². The maximum atomic E-state index is 11.3. The first-order chi connectivity index (χ1) is 10.1. The average Bonchev–Trinajstić information content (AvgIpc) is 2.95. The number of hydrogen-bond donors (Lipinski definition) is 3. The van der Waals surface area contributed by atoms with Crippen molar-refractivity contribution in [3.63, 3.8) is 0 Å². The summed E-state index contributed by atoms with van der Waals surface area (Å²) in [6.45, 7) is 0.315. The summed E-state index contributed by atoms with van der Waals surface area (Å²) in [5, 5.41) is 22.5. The van der Waals surface area contributed by atoms with Crippen LogP contribution in [0.3, 0.4) is 0 Å². The molecule has 1 amide bonds. The first-order valence-corrected chi connectivity index (χ1v) is 7.85. The molecule has 1 aromatic rings. The smallest absolute Gasteiger partial charge is 0.404 e. The highest BCUT2D eigenvalue weighted by Gasteiger charge is 2.54. The van der Waals surface area contributed by atoms with Gasteiger partial charge in [-0.05, 0) is 43.2 Å². The van der Waals surface area contributed by atoms with E-state index >= 15 is 0 Å². The molecule has 21 heavy (non-hydrogen) atoms. The van der Waals surface area contributed by atoms with Crippen molar-refractivity contribution in [1.29, 1.82) is 0 Å². The van der Waals surface area contributed by atoms with Crippen LogP contribution in [0.5, 0.6) is 0 Å². The van der Waals surface area contributed by atoms with Crippen molar-refractivity contribution in [3.8, 4) is 0 Å². The molecule has 0 heterocycles. The number of amides is 1. The topological polar surface area (TPSA) is 69.6 Å². The Kier molecular flexibility index (Phi) is 3.66. The van der Waals surface area contributed by atoms with Crippen LogP contribution in [0.1, 0.15) is 49.7 Å². The fraction of sp³-hybridized carbons (Fsp3) is 0.588. The zero-order valence-electron chi connectivity index (χ0n) is 12.3. The Hall–Kier alpha value is -1.55. The molecule has 114 valence electrons. The van der Waals surface area contributed by atoms with Crippen LogP contribution in [-0.2, 0) is 11.8 Å². The van der Waals surface area contributed by atoms with Crippen LogP contribution >= 0.6 is 0 Å². The Balaban J connectivity index is 1.92. The lowest BCUT2D eigenvalue weighted by molar-refractivity contribution is -0.0590. The summed E-state index contributed by atoms with van der Waals surface area (Å²) >= 11 is 0. The Morgan fingerprint density at radius 3 is 2.62 bits per heavy atom. The maximum Gasteiger partial charge on any atom is 0.404 e. The molecule has 2 aliphatic carbocycles. The monoisotopic (exact) mass is 289 g/mol. The van der Waals surface area contributed by atoms with Gasteiger partial charge in [-0.2, -0.15) is 0 Å². The van der Waals surface area contributed by atoms with E-state index in [1.165, 1.54) is 11.1 Å². The normalized spacial score (nSPS) is 26.5. The number of fused-ring (bicyclic) bond motifs is 2. The van der Waals surface area contributed by atoms with Crippen molar-refractivity contribution in [3.05, 3.63) is 35.4 Å². The van der Waals surface area contributed by atoms with Gasteiger partial charge in [0.2, 0.25) is 0 Å². The largest absolute Gasteiger partial charge is 0.465 e. The predicted molar refractivity (Wildman–Crippen MR) is 80.5 cm³/mol. The minimum Gasteiger partial charge on any atom is -0.465 e. The van der Waals surface area contributed by atoms with E-state index < -0.39 is 11.7 Å². The van der Waals surface area contributed by atoms with E-state index in [1.54, 1.807) is 0 Å². The molecule has 0 radical (unpaired) electrons. The summed E-state index contributed by atoms with van der Waals surface area (Å²) in [6.07, 6.45) is 5.38. The van der Waals surface area contributed by atoms with Crippen molar-refractivity contribution in [2.75, 3.05) is 6.54 Å². The third-order valence-electron chi connectivity index (χ3n) is 5.50. The van der Waals surface area contributed by atoms with Crippen LogP contribution in [-0.4, -0.2) is 28.5 Å². The Morgan fingerprint density at radius 2 is 1.90 bits per heavy atom. The van der Waals surface area contributed by atoms with Crippen molar-refractivity contribution in [2.45, 2.75) is 56.0 Å². The third-order valence-corrected chi connectivity index (χ3v) is 5.50. The van der Waals surface area contributed by atoms with Crippen molar-refractivity contribution in [1.82, 2.24) is 5.32 Å². The maximum absolute atomic E-state index is 11.3. The molecule has 4 nitrogen and oxygen atoms in total. The first-order valence-electron chi connectivity index (χ1n) is 7.85. The van der Waals surface area contributed by atoms with E-state index in [-0.39, 0.29) is 5.41 Å². The number of benzene rings is 1.